The number of carbonyl (C=O) groups excluding carboxylic acids is 1. The highest BCUT2D eigenvalue weighted by Crippen LogP contribution is 2.17. The Labute approximate surface area is 186 Å². The number of likely N-dealkylation sites (N-methyl/N-ethyl adjacent to an activating group) is 1. The Kier molecular flexibility index (Phi) is 7.46. The molecule has 0 radical (unpaired) electrons. The summed E-state index contributed by atoms with van der Waals surface area (Å²) in [6.07, 6.45) is 2.05. The molecule has 1 atom stereocenters. The van der Waals surface area contributed by atoms with Crippen LogP contribution in [-0.2, 0) is 21.4 Å². The minimum atomic E-state index is -4.25. The van der Waals surface area contributed by atoms with E-state index in [0.717, 1.165) is 12.1 Å². The first kappa shape index (κ1) is 23.4. The standard InChI is InChI=1S/C19H21FN4O4S3/c1-24(11-16-21-13-8-10-30-17(13)18(25)22-16)19(26)14(7-9-29-2)23-31(27,28)15-6-4-3-5-12(15)20/h3-6,8,10,14,23H,7,9,11H2,1-2H3,(H,21,22,25)/t14-/m0/s1. The van der Waals surface area contributed by atoms with Crippen LogP contribution >= 0.6 is 23.1 Å². The predicted molar refractivity (Wildman–Crippen MR) is 120 cm³/mol. The third-order valence-corrected chi connectivity index (χ3v) is 7.51. The molecule has 31 heavy (non-hydrogen) atoms. The van der Waals surface area contributed by atoms with Crippen LogP contribution in [0.1, 0.15) is 12.2 Å². The van der Waals surface area contributed by atoms with Crippen molar-refractivity contribution >= 4 is 49.2 Å². The number of nitrogens with zero attached hydrogens (tertiary/aromatic N) is 2. The molecule has 0 spiro atoms. The molecule has 0 aliphatic rings. The van der Waals surface area contributed by atoms with Crippen molar-refractivity contribution in [1.82, 2.24) is 19.6 Å². The summed E-state index contributed by atoms with van der Waals surface area (Å²) in [6, 6.07) is 5.59. The summed E-state index contributed by atoms with van der Waals surface area (Å²) < 4.78 is 42.2. The number of carbonyl (C=O) groups is 1. The summed E-state index contributed by atoms with van der Waals surface area (Å²) in [5.41, 5.74) is 0.235. The Bertz CT molecular complexity index is 1240. The molecule has 0 saturated heterocycles. The van der Waals surface area contributed by atoms with Gasteiger partial charge in [-0.25, -0.2) is 17.8 Å². The molecule has 1 amide bonds. The topological polar surface area (TPSA) is 112 Å². The zero-order chi connectivity index (χ0) is 22.6. The van der Waals surface area contributed by atoms with E-state index in [-0.39, 0.29) is 24.3 Å². The Hall–Kier alpha value is -2.28. The van der Waals surface area contributed by atoms with E-state index in [1.54, 1.807) is 11.4 Å². The molecule has 0 bridgehead atoms. The number of thiophene rings is 1. The number of amides is 1. The van der Waals surface area contributed by atoms with Crippen LogP contribution < -0.4 is 10.3 Å². The number of aromatic nitrogens is 2. The first-order valence-electron chi connectivity index (χ1n) is 9.20. The molecule has 12 heteroatoms. The van der Waals surface area contributed by atoms with E-state index in [9.17, 15) is 22.4 Å². The van der Waals surface area contributed by atoms with Crippen molar-refractivity contribution in [1.29, 1.82) is 0 Å². The number of hydrogen-bond donors (Lipinski definition) is 2. The van der Waals surface area contributed by atoms with E-state index >= 15 is 0 Å². The maximum Gasteiger partial charge on any atom is 0.268 e. The number of thioether (sulfide) groups is 1. The lowest BCUT2D eigenvalue weighted by molar-refractivity contribution is -0.132. The molecule has 0 fully saturated rings. The average Bonchev–Trinajstić information content (AvgIpc) is 3.20. The van der Waals surface area contributed by atoms with Gasteiger partial charge in [0.05, 0.1) is 12.1 Å². The number of H-pyrrole nitrogens is 1. The number of sulfonamides is 1. The van der Waals surface area contributed by atoms with Crippen LogP contribution in [0.2, 0.25) is 0 Å². The monoisotopic (exact) mass is 484 g/mol. The van der Waals surface area contributed by atoms with Crippen LogP contribution in [0.15, 0.2) is 45.4 Å². The van der Waals surface area contributed by atoms with Crippen molar-refractivity contribution in [3.05, 3.63) is 57.7 Å². The lowest BCUT2D eigenvalue weighted by Gasteiger charge is -2.24. The molecule has 166 valence electrons. The summed E-state index contributed by atoms with van der Waals surface area (Å²) >= 11 is 2.72. The summed E-state index contributed by atoms with van der Waals surface area (Å²) in [4.78, 5) is 32.9. The number of hydrogen-bond acceptors (Lipinski definition) is 7. The summed E-state index contributed by atoms with van der Waals surface area (Å²) in [5.74, 6) is -0.611. The van der Waals surface area contributed by atoms with Gasteiger partial charge in [-0.1, -0.05) is 12.1 Å². The largest absolute Gasteiger partial charge is 0.337 e. The third-order valence-electron chi connectivity index (χ3n) is 4.46. The second kappa shape index (κ2) is 9.90. The average molecular weight is 485 g/mol. The van der Waals surface area contributed by atoms with Crippen LogP contribution in [0.5, 0.6) is 0 Å². The molecule has 0 unspecified atom stereocenters. The first-order chi connectivity index (χ1) is 14.7. The fourth-order valence-corrected chi connectivity index (χ4v) is 5.45. The Morgan fingerprint density at radius 1 is 1.35 bits per heavy atom. The second-order valence-corrected chi connectivity index (χ2v) is 10.3. The summed E-state index contributed by atoms with van der Waals surface area (Å²) in [7, 11) is -2.76. The molecule has 2 aromatic heterocycles. The van der Waals surface area contributed by atoms with E-state index in [4.69, 9.17) is 0 Å². The molecule has 3 aromatic rings. The van der Waals surface area contributed by atoms with Crippen molar-refractivity contribution in [3.8, 4) is 0 Å². The van der Waals surface area contributed by atoms with E-state index in [1.165, 1.54) is 47.2 Å². The van der Waals surface area contributed by atoms with Crippen molar-refractivity contribution in [2.75, 3.05) is 19.1 Å². The van der Waals surface area contributed by atoms with Crippen LogP contribution in [0.3, 0.4) is 0 Å². The fourth-order valence-electron chi connectivity index (χ4n) is 2.95. The molecule has 1 aromatic carbocycles. The van der Waals surface area contributed by atoms with Gasteiger partial charge in [-0.15, -0.1) is 11.3 Å². The van der Waals surface area contributed by atoms with Crippen molar-refractivity contribution in [2.45, 2.75) is 23.9 Å². The molecule has 2 heterocycles. The molecule has 0 saturated carbocycles. The smallest absolute Gasteiger partial charge is 0.268 e. The number of fused-ring (bicyclic) bond motifs is 1. The third kappa shape index (κ3) is 5.50. The second-order valence-electron chi connectivity index (χ2n) is 6.73. The highest BCUT2D eigenvalue weighted by molar-refractivity contribution is 7.98. The molecule has 2 N–H and O–H groups in total. The number of rotatable bonds is 9. The van der Waals surface area contributed by atoms with E-state index < -0.39 is 32.7 Å². The molecule has 3 rings (SSSR count). The Morgan fingerprint density at radius 3 is 2.81 bits per heavy atom. The predicted octanol–water partition coefficient (Wildman–Crippen LogP) is 2.18. The maximum absolute atomic E-state index is 14.0. The fraction of sp³-hybridized carbons (Fsp3) is 0.316. The van der Waals surface area contributed by atoms with Gasteiger partial charge < -0.3 is 9.88 Å². The van der Waals surface area contributed by atoms with Gasteiger partial charge in [0.25, 0.3) is 5.56 Å². The number of aromatic amines is 1. The summed E-state index contributed by atoms with van der Waals surface area (Å²) in [5, 5.41) is 1.75. The van der Waals surface area contributed by atoms with Gasteiger partial charge in [0.1, 0.15) is 27.3 Å². The van der Waals surface area contributed by atoms with E-state index in [2.05, 4.69) is 14.7 Å². The molecular weight excluding hydrogens is 463 g/mol. The van der Waals surface area contributed by atoms with Gasteiger partial charge in [-0.2, -0.15) is 16.5 Å². The zero-order valence-electron chi connectivity index (χ0n) is 16.8. The highest BCUT2D eigenvalue weighted by atomic mass is 32.2. The van der Waals surface area contributed by atoms with E-state index in [0.29, 0.717) is 16.0 Å². The van der Waals surface area contributed by atoms with Gasteiger partial charge in [0.15, 0.2) is 0 Å². The Morgan fingerprint density at radius 2 is 2.10 bits per heavy atom. The number of nitrogens with one attached hydrogen (secondary N) is 2. The molecule has 8 nitrogen and oxygen atoms in total. The number of halogens is 1. The maximum atomic E-state index is 14.0. The highest BCUT2D eigenvalue weighted by Gasteiger charge is 2.29. The lowest BCUT2D eigenvalue weighted by atomic mass is 10.2. The van der Waals surface area contributed by atoms with Gasteiger partial charge >= 0.3 is 0 Å². The lowest BCUT2D eigenvalue weighted by Crippen LogP contribution is -2.47. The van der Waals surface area contributed by atoms with Crippen LogP contribution in [0.25, 0.3) is 10.2 Å². The quantitative estimate of drug-likeness (QED) is 0.482. The van der Waals surface area contributed by atoms with Crippen LogP contribution in [-0.4, -0.2) is 54.3 Å². The Balaban J connectivity index is 1.81. The van der Waals surface area contributed by atoms with Gasteiger partial charge in [0.2, 0.25) is 15.9 Å². The normalized spacial score (nSPS) is 12.7. The van der Waals surface area contributed by atoms with Crippen molar-refractivity contribution < 1.29 is 17.6 Å². The SMILES string of the molecule is CSCC[C@H](NS(=O)(=O)c1ccccc1F)C(=O)N(C)Cc1nc2ccsc2c(=O)[nH]1. The molecule has 0 aliphatic carbocycles. The van der Waals surface area contributed by atoms with Crippen LogP contribution in [0, 0.1) is 5.82 Å². The van der Waals surface area contributed by atoms with Crippen molar-refractivity contribution in [3.63, 3.8) is 0 Å². The zero-order valence-corrected chi connectivity index (χ0v) is 19.2. The van der Waals surface area contributed by atoms with Crippen LogP contribution in [0.4, 0.5) is 4.39 Å². The minimum Gasteiger partial charge on any atom is -0.337 e. The van der Waals surface area contributed by atoms with Gasteiger partial charge in [0, 0.05) is 7.05 Å². The van der Waals surface area contributed by atoms with Gasteiger partial charge in [-0.3, -0.25) is 9.59 Å². The van der Waals surface area contributed by atoms with Gasteiger partial charge in [-0.05, 0) is 42.0 Å². The van der Waals surface area contributed by atoms with E-state index in [1.807, 2.05) is 6.26 Å². The summed E-state index contributed by atoms with van der Waals surface area (Å²) in [6.45, 7) is -0.0168. The minimum absolute atomic E-state index is 0.0168. The molecule has 0 aliphatic heterocycles. The molecular formula is C19H21FN4O4S3. The number of benzene rings is 1. The van der Waals surface area contributed by atoms with Crippen molar-refractivity contribution in [2.24, 2.45) is 0 Å². The first-order valence-corrected chi connectivity index (χ1v) is 13.0.